The van der Waals surface area contributed by atoms with E-state index in [0.717, 1.165) is 23.4 Å². The Hall–Kier alpha value is -0.580. The molecule has 0 radical (unpaired) electrons. The van der Waals surface area contributed by atoms with Gasteiger partial charge in [0.15, 0.2) is 0 Å². The maximum atomic E-state index is 8.82. The Labute approximate surface area is 101 Å². The van der Waals surface area contributed by atoms with E-state index in [1.54, 1.807) is 11.8 Å². The summed E-state index contributed by atoms with van der Waals surface area (Å²) in [6.07, 6.45) is 3.57. The van der Waals surface area contributed by atoms with Gasteiger partial charge in [-0.25, -0.2) is 0 Å². The molecule has 1 heterocycles. The molecule has 4 heteroatoms. The van der Waals surface area contributed by atoms with Crippen molar-refractivity contribution in [2.75, 3.05) is 6.61 Å². The number of hydrogen-bond donors (Lipinski definition) is 2. The van der Waals surface area contributed by atoms with E-state index in [0.29, 0.717) is 5.25 Å². The Morgan fingerprint density at radius 1 is 1.50 bits per heavy atom. The molecule has 0 aliphatic rings. The van der Waals surface area contributed by atoms with Gasteiger partial charge in [0.25, 0.3) is 0 Å². The second kappa shape index (κ2) is 6.89. The lowest BCUT2D eigenvalue weighted by Gasteiger charge is -2.11. The summed E-state index contributed by atoms with van der Waals surface area (Å²) < 4.78 is 0. The van der Waals surface area contributed by atoms with Crippen LogP contribution in [-0.4, -0.2) is 21.9 Å². The lowest BCUT2D eigenvalue weighted by Crippen LogP contribution is -2.10. The molecule has 1 unspecified atom stereocenters. The third-order valence-corrected chi connectivity index (χ3v) is 3.60. The molecule has 1 aromatic rings. The van der Waals surface area contributed by atoms with E-state index in [9.17, 15) is 0 Å². The van der Waals surface area contributed by atoms with Gasteiger partial charge in [-0.3, -0.25) is 4.98 Å². The number of nitrogens with two attached hydrogens (primary N) is 1. The number of hydrogen-bond acceptors (Lipinski definition) is 4. The Morgan fingerprint density at radius 2 is 2.25 bits per heavy atom. The van der Waals surface area contributed by atoms with Crippen molar-refractivity contribution in [1.29, 1.82) is 0 Å². The molecule has 0 saturated carbocycles. The van der Waals surface area contributed by atoms with Crippen molar-refractivity contribution in [3.8, 4) is 0 Å². The predicted molar refractivity (Wildman–Crippen MR) is 68.5 cm³/mol. The number of rotatable bonds is 6. The minimum absolute atomic E-state index is 0.0360. The summed E-state index contributed by atoms with van der Waals surface area (Å²) in [7, 11) is 0. The summed E-state index contributed by atoms with van der Waals surface area (Å²) in [4.78, 5) is 5.49. The molecule has 0 aliphatic carbocycles. The first-order valence-corrected chi connectivity index (χ1v) is 6.54. The number of nitrogens with zero attached hydrogens (tertiary/aromatic N) is 1. The van der Waals surface area contributed by atoms with Crippen LogP contribution in [0.1, 0.15) is 38.4 Å². The molecule has 1 rings (SSSR count). The molecule has 90 valence electrons. The molecule has 0 amide bonds. The average Bonchev–Trinajstić information content (AvgIpc) is 2.29. The van der Waals surface area contributed by atoms with E-state index in [4.69, 9.17) is 10.8 Å². The fraction of sp³-hybridized carbons (Fsp3) is 0.583. The summed E-state index contributed by atoms with van der Waals surface area (Å²) in [5.41, 5.74) is 6.84. The molecule has 0 saturated heterocycles. The molecule has 0 bridgehead atoms. The van der Waals surface area contributed by atoms with Gasteiger partial charge in [-0.15, -0.1) is 11.8 Å². The van der Waals surface area contributed by atoms with Crippen LogP contribution in [0.4, 0.5) is 0 Å². The molecular weight excluding hydrogens is 220 g/mol. The van der Waals surface area contributed by atoms with Crippen molar-refractivity contribution in [3.05, 3.63) is 24.0 Å². The molecule has 16 heavy (non-hydrogen) atoms. The molecule has 0 aromatic carbocycles. The second-order valence-corrected chi connectivity index (χ2v) is 5.39. The molecule has 3 N–H and O–H groups in total. The van der Waals surface area contributed by atoms with Crippen molar-refractivity contribution >= 4 is 11.8 Å². The average molecular weight is 240 g/mol. The number of aliphatic hydroxyl groups is 1. The standard InChI is InChI=1S/C12H20N2OS/c1-3-11(13)12-5-4-10(8-14-12)16-9(2)6-7-15/h4-5,8-9,11,15H,3,6-7,13H2,1-2H3/t9?,11-/m1/s1. The first-order valence-electron chi connectivity index (χ1n) is 5.66. The van der Waals surface area contributed by atoms with Gasteiger partial charge in [0.05, 0.1) is 5.69 Å². The first-order chi connectivity index (χ1) is 7.67. The van der Waals surface area contributed by atoms with Gasteiger partial charge in [0.1, 0.15) is 0 Å². The molecule has 2 atom stereocenters. The summed E-state index contributed by atoms with van der Waals surface area (Å²) in [5, 5.41) is 9.23. The van der Waals surface area contributed by atoms with E-state index in [2.05, 4.69) is 24.9 Å². The first kappa shape index (κ1) is 13.5. The van der Waals surface area contributed by atoms with Crippen LogP contribution in [0.25, 0.3) is 0 Å². The SMILES string of the molecule is CC[C@@H](N)c1ccc(SC(C)CCO)cn1. The van der Waals surface area contributed by atoms with E-state index in [-0.39, 0.29) is 12.6 Å². The fourth-order valence-electron chi connectivity index (χ4n) is 1.36. The normalized spacial score (nSPS) is 14.8. The number of thioether (sulfide) groups is 1. The van der Waals surface area contributed by atoms with Crippen LogP contribution in [0, 0.1) is 0 Å². The number of aromatic nitrogens is 1. The van der Waals surface area contributed by atoms with Crippen LogP contribution >= 0.6 is 11.8 Å². The molecule has 0 spiro atoms. The van der Waals surface area contributed by atoms with Crippen molar-refractivity contribution in [1.82, 2.24) is 4.98 Å². The van der Waals surface area contributed by atoms with Crippen LogP contribution in [0.2, 0.25) is 0 Å². The maximum absolute atomic E-state index is 8.82. The summed E-state index contributed by atoms with van der Waals surface area (Å²) in [6, 6.07) is 4.08. The summed E-state index contributed by atoms with van der Waals surface area (Å²) in [5.74, 6) is 0. The molecule has 1 aromatic heterocycles. The topological polar surface area (TPSA) is 59.1 Å². The second-order valence-electron chi connectivity index (χ2n) is 3.87. The molecular formula is C12H20N2OS. The minimum atomic E-state index is 0.0360. The van der Waals surface area contributed by atoms with Crippen molar-refractivity contribution in [3.63, 3.8) is 0 Å². The van der Waals surface area contributed by atoms with Crippen LogP contribution in [0.3, 0.4) is 0 Å². The Balaban J connectivity index is 2.57. The van der Waals surface area contributed by atoms with E-state index < -0.39 is 0 Å². The number of aliphatic hydroxyl groups excluding tert-OH is 1. The molecule has 3 nitrogen and oxygen atoms in total. The fourth-order valence-corrected chi connectivity index (χ4v) is 2.31. The van der Waals surface area contributed by atoms with Crippen LogP contribution in [0.15, 0.2) is 23.2 Å². The Morgan fingerprint density at radius 3 is 2.75 bits per heavy atom. The van der Waals surface area contributed by atoms with Crippen molar-refractivity contribution in [2.45, 2.75) is 42.9 Å². The van der Waals surface area contributed by atoms with E-state index >= 15 is 0 Å². The smallest absolute Gasteiger partial charge is 0.0571 e. The van der Waals surface area contributed by atoms with Crippen molar-refractivity contribution in [2.24, 2.45) is 5.73 Å². The predicted octanol–water partition coefficient (Wildman–Crippen LogP) is 2.35. The van der Waals surface area contributed by atoms with Crippen LogP contribution in [-0.2, 0) is 0 Å². The van der Waals surface area contributed by atoms with Crippen molar-refractivity contribution < 1.29 is 5.11 Å². The van der Waals surface area contributed by atoms with Gasteiger partial charge in [-0.1, -0.05) is 13.8 Å². The lowest BCUT2D eigenvalue weighted by atomic mass is 10.1. The van der Waals surface area contributed by atoms with Crippen LogP contribution < -0.4 is 5.73 Å². The quantitative estimate of drug-likeness (QED) is 0.749. The number of pyridine rings is 1. The highest BCUT2D eigenvalue weighted by molar-refractivity contribution is 7.99. The Bertz CT molecular complexity index is 302. The highest BCUT2D eigenvalue weighted by atomic mass is 32.2. The zero-order valence-corrected chi connectivity index (χ0v) is 10.7. The maximum Gasteiger partial charge on any atom is 0.0571 e. The van der Waals surface area contributed by atoms with Gasteiger partial charge < -0.3 is 10.8 Å². The van der Waals surface area contributed by atoms with Gasteiger partial charge >= 0.3 is 0 Å². The minimum Gasteiger partial charge on any atom is -0.396 e. The zero-order chi connectivity index (χ0) is 12.0. The highest BCUT2D eigenvalue weighted by Gasteiger charge is 2.07. The molecule has 0 fully saturated rings. The van der Waals surface area contributed by atoms with Crippen LogP contribution in [0.5, 0.6) is 0 Å². The summed E-state index contributed by atoms with van der Waals surface area (Å²) >= 11 is 1.73. The third kappa shape index (κ3) is 4.12. The monoisotopic (exact) mass is 240 g/mol. The third-order valence-electron chi connectivity index (χ3n) is 2.45. The lowest BCUT2D eigenvalue weighted by molar-refractivity contribution is 0.289. The molecule has 0 aliphatic heterocycles. The largest absolute Gasteiger partial charge is 0.396 e. The highest BCUT2D eigenvalue weighted by Crippen LogP contribution is 2.25. The Kier molecular flexibility index (Phi) is 5.80. The summed E-state index contributed by atoms with van der Waals surface area (Å²) in [6.45, 7) is 4.39. The van der Waals surface area contributed by atoms with E-state index in [1.807, 2.05) is 12.3 Å². The van der Waals surface area contributed by atoms with Gasteiger partial charge in [0, 0.05) is 29.0 Å². The van der Waals surface area contributed by atoms with E-state index in [1.165, 1.54) is 0 Å². The zero-order valence-electron chi connectivity index (χ0n) is 9.89. The van der Waals surface area contributed by atoms with Gasteiger partial charge in [-0.2, -0.15) is 0 Å². The van der Waals surface area contributed by atoms with Gasteiger partial charge in [-0.05, 0) is 25.0 Å². The van der Waals surface area contributed by atoms with Gasteiger partial charge in [0.2, 0.25) is 0 Å².